The van der Waals surface area contributed by atoms with Crippen molar-refractivity contribution in [2.75, 3.05) is 6.61 Å². The Bertz CT molecular complexity index is 909. The van der Waals surface area contributed by atoms with Gasteiger partial charge in [0.2, 0.25) is 0 Å². The van der Waals surface area contributed by atoms with Crippen LogP contribution in [0.1, 0.15) is 37.7 Å². The Morgan fingerprint density at radius 3 is 2.30 bits per heavy atom. The average molecular weight is 365 g/mol. The molecule has 0 radical (unpaired) electrons. The van der Waals surface area contributed by atoms with Crippen molar-refractivity contribution < 1.29 is 23.6 Å². The summed E-state index contributed by atoms with van der Waals surface area (Å²) in [7, 11) is 0. The molecule has 0 unspecified atom stereocenters. The van der Waals surface area contributed by atoms with Gasteiger partial charge < -0.3 is 14.0 Å². The zero-order valence-electron chi connectivity index (χ0n) is 15.1. The van der Waals surface area contributed by atoms with Crippen molar-refractivity contribution in [3.8, 4) is 5.75 Å². The lowest BCUT2D eigenvalue weighted by atomic mass is 10.1. The molecule has 0 fully saturated rings. The minimum atomic E-state index is -0.559. The summed E-state index contributed by atoms with van der Waals surface area (Å²) >= 11 is 0. The van der Waals surface area contributed by atoms with E-state index in [1.54, 1.807) is 48.5 Å². The summed E-state index contributed by atoms with van der Waals surface area (Å²) in [6.07, 6.45) is 0. The number of benzene rings is 2. The Balaban J connectivity index is 1.53. The second-order valence-corrected chi connectivity index (χ2v) is 5.98. The molecule has 0 spiro atoms. The van der Waals surface area contributed by atoms with Gasteiger partial charge in [-0.2, -0.15) is 0 Å². The molecule has 3 aromatic rings. The summed E-state index contributed by atoms with van der Waals surface area (Å²) in [5.41, 5.74) is 2.54. The molecule has 0 bridgehead atoms. The lowest BCUT2D eigenvalue weighted by Crippen LogP contribution is -2.14. The van der Waals surface area contributed by atoms with Crippen LogP contribution in [0.15, 0.2) is 59.1 Å². The first kappa shape index (κ1) is 18.4. The molecule has 27 heavy (non-hydrogen) atoms. The molecular weight excluding hydrogens is 346 g/mol. The zero-order valence-corrected chi connectivity index (χ0v) is 15.1. The molecule has 6 heteroatoms. The van der Waals surface area contributed by atoms with Crippen LogP contribution in [0.5, 0.6) is 5.75 Å². The summed E-state index contributed by atoms with van der Waals surface area (Å²) in [5.74, 6) is 0.516. The quantitative estimate of drug-likeness (QED) is 0.467. The van der Waals surface area contributed by atoms with Crippen molar-refractivity contribution in [1.29, 1.82) is 0 Å². The highest BCUT2D eigenvalue weighted by Crippen LogP contribution is 2.18. The Labute approximate surface area is 156 Å². The summed E-state index contributed by atoms with van der Waals surface area (Å²) in [6.45, 7) is 3.71. The third-order valence-corrected chi connectivity index (χ3v) is 4.08. The van der Waals surface area contributed by atoms with Gasteiger partial charge in [0.05, 0.1) is 16.8 Å². The number of rotatable bonds is 7. The number of hydrogen-bond acceptors (Lipinski definition) is 6. The molecule has 0 saturated heterocycles. The fourth-order valence-electron chi connectivity index (χ4n) is 2.47. The van der Waals surface area contributed by atoms with Crippen LogP contribution in [-0.4, -0.2) is 23.5 Å². The van der Waals surface area contributed by atoms with E-state index in [2.05, 4.69) is 5.16 Å². The Morgan fingerprint density at radius 1 is 0.963 bits per heavy atom. The highest BCUT2D eigenvalue weighted by molar-refractivity contribution is 5.99. The molecule has 2 aromatic carbocycles. The molecule has 0 aliphatic carbocycles. The monoisotopic (exact) mass is 365 g/mol. The molecular formula is C21H19NO5. The van der Waals surface area contributed by atoms with E-state index >= 15 is 0 Å². The van der Waals surface area contributed by atoms with Crippen LogP contribution in [-0.2, 0) is 11.3 Å². The maximum atomic E-state index is 12.1. The van der Waals surface area contributed by atoms with Crippen LogP contribution in [0.2, 0.25) is 0 Å². The highest BCUT2D eigenvalue weighted by Gasteiger charge is 2.13. The van der Waals surface area contributed by atoms with Crippen LogP contribution in [0.3, 0.4) is 0 Å². The Morgan fingerprint density at radius 2 is 1.67 bits per heavy atom. The number of ether oxygens (including phenoxy) is 2. The normalized spacial score (nSPS) is 10.4. The molecule has 138 valence electrons. The lowest BCUT2D eigenvalue weighted by Gasteiger charge is -2.07. The minimum absolute atomic E-state index is 0.247. The molecule has 3 rings (SSSR count). The predicted molar refractivity (Wildman–Crippen MR) is 97.8 cm³/mol. The van der Waals surface area contributed by atoms with Gasteiger partial charge in [-0.3, -0.25) is 4.79 Å². The lowest BCUT2D eigenvalue weighted by molar-refractivity contribution is 0.0474. The second-order valence-electron chi connectivity index (χ2n) is 5.98. The van der Waals surface area contributed by atoms with Gasteiger partial charge in [0.25, 0.3) is 0 Å². The maximum Gasteiger partial charge on any atom is 0.338 e. The maximum absolute atomic E-state index is 12.1. The van der Waals surface area contributed by atoms with Crippen LogP contribution in [0.4, 0.5) is 0 Å². The number of esters is 1. The van der Waals surface area contributed by atoms with Gasteiger partial charge in [-0.1, -0.05) is 35.5 Å². The average Bonchev–Trinajstić information content (AvgIpc) is 3.03. The molecule has 0 aliphatic rings. The van der Waals surface area contributed by atoms with E-state index in [9.17, 15) is 9.59 Å². The van der Waals surface area contributed by atoms with Crippen molar-refractivity contribution in [1.82, 2.24) is 5.16 Å². The number of aryl methyl sites for hydroxylation is 2. The number of hydrogen-bond donors (Lipinski definition) is 0. The van der Waals surface area contributed by atoms with Gasteiger partial charge >= 0.3 is 5.97 Å². The fraction of sp³-hybridized carbons (Fsp3) is 0.190. The van der Waals surface area contributed by atoms with E-state index in [1.165, 1.54) is 0 Å². The zero-order chi connectivity index (χ0) is 19.2. The number of carbonyl (C=O) groups is 2. The van der Waals surface area contributed by atoms with Gasteiger partial charge in [0.15, 0.2) is 12.4 Å². The largest absolute Gasteiger partial charge is 0.489 e. The van der Waals surface area contributed by atoms with E-state index in [-0.39, 0.29) is 12.4 Å². The molecule has 0 aliphatic heterocycles. The van der Waals surface area contributed by atoms with E-state index in [0.29, 0.717) is 23.5 Å². The summed E-state index contributed by atoms with van der Waals surface area (Å²) in [6, 6.07) is 15.2. The number of Topliss-reactive ketones (excluding diaryl/α,β-unsaturated/α-hetero) is 1. The topological polar surface area (TPSA) is 78.6 Å². The van der Waals surface area contributed by atoms with Gasteiger partial charge in [0.1, 0.15) is 18.1 Å². The molecule has 0 N–H and O–H groups in total. The van der Waals surface area contributed by atoms with E-state index in [0.717, 1.165) is 17.0 Å². The molecule has 0 amide bonds. The molecule has 6 nitrogen and oxygen atoms in total. The first-order valence-electron chi connectivity index (χ1n) is 8.44. The molecule has 1 heterocycles. The number of ketones is 1. The second kappa shape index (κ2) is 8.31. The molecule has 0 saturated carbocycles. The standard InChI is InChI=1S/C21H19NO5/c1-14-19(15(2)27-22-14)12-25-18-10-8-17(9-11-18)21(24)26-13-20(23)16-6-4-3-5-7-16/h3-11H,12-13H2,1-2H3. The van der Waals surface area contributed by atoms with Gasteiger partial charge in [0, 0.05) is 5.56 Å². The van der Waals surface area contributed by atoms with E-state index in [4.69, 9.17) is 14.0 Å². The fourth-order valence-corrected chi connectivity index (χ4v) is 2.47. The molecule has 0 atom stereocenters. The Hall–Kier alpha value is -3.41. The van der Waals surface area contributed by atoms with Crippen molar-refractivity contribution in [3.05, 3.63) is 82.7 Å². The van der Waals surface area contributed by atoms with Crippen LogP contribution < -0.4 is 4.74 Å². The van der Waals surface area contributed by atoms with Crippen LogP contribution >= 0.6 is 0 Å². The molecule has 1 aromatic heterocycles. The first-order chi connectivity index (χ1) is 13.0. The van der Waals surface area contributed by atoms with Crippen molar-refractivity contribution in [2.24, 2.45) is 0 Å². The highest BCUT2D eigenvalue weighted by atomic mass is 16.5. The van der Waals surface area contributed by atoms with Gasteiger partial charge in [-0.05, 0) is 38.1 Å². The Kier molecular flexibility index (Phi) is 5.66. The van der Waals surface area contributed by atoms with Crippen molar-refractivity contribution >= 4 is 11.8 Å². The van der Waals surface area contributed by atoms with Gasteiger partial charge in [-0.15, -0.1) is 0 Å². The summed E-state index contributed by atoms with van der Waals surface area (Å²) < 4.78 is 15.9. The predicted octanol–water partition coefficient (Wildman–Crippen LogP) is 3.91. The van der Waals surface area contributed by atoms with E-state index in [1.807, 2.05) is 19.9 Å². The number of nitrogens with zero attached hydrogens (tertiary/aromatic N) is 1. The van der Waals surface area contributed by atoms with Crippen molar-refractivity contribution in [2.45, 2.75) is 20.5 Å². The van der Waals surface area contributed by atoms with Crippen LogP contribution in [0, 0.1) is 13.8 Å². The smallest absolute Gasteiger partial charge is 0.338 e. The summed E-state index contributed by atoms with van der Waals surface area (Å²) in [4.78, 5) is 24.1. The van der Waals surface area contributed by atoms with Crippen molar-refractivity contribution in [3.63, 3.8) is 0 Å². The minimum Gasteiger partial charge on any atom is -0.489 e. The van der Waals surface area contributed by atoms with E-state index < -0.39 is 5.97 Å². The van der Waals surface area contributed by atoms with Gasteiger partial charge in [-0.25, -0.2) is 4.79 Å². The third kappa shape index (κ3) is 4.61. The number of aromatic nitrogens is 1. The van der Waals surface area contributed by atoms with Crippen LogP contribution in [0.25, 0.3) is 0 Å². The third-order valence-electron chi connectivity index (χ3n) is 4.08. The summed E-state index contributed by atoms with van der Waals surface area (Å²) in [5, 5.41) is 3.88. The first-order valence-corrected chi connectivity index (χ1v) is 8.44. The SMILES string of the molecule is Cc1noc(C)c1COc1ccc(C(=O)OCC(=O)c2ccccc2)cc1. The number of carbonyl (C=O) groups excluding carboxylic acids is 2.